The number of carbonyl (C=O) groups is 1. The lowest BCUT2D eigenvalue weighted by molar-refractivity contribution is -0.126. The zero-order chi connectivity index (χ0) is 17.9. The van der Waals surface area contributed by atoms with Gasteiger partial charge in [0.1, 0.15) is 4.21 Å². The molecule has 0 unspecified atom stereocenters. The van der Waals surface area contributed by atoms with Crippen molar-refractivity contribution < 1.29 is 13.2 Å². The molecule has 1 heterocycles. The lowest BCUT2D eigenvalue weighted by Gasteiger charge is -2.28. The van der Waals surface area contributed by atoms with E-state index in [4.69, 9.17) is 0 Å². The molecule has 1 aromatic rings. The fraction of sp³-hybridized carbons (Fsp3) is 0.706. The number of halogens is 1. The Morgan fingerprint density at radius 2 is 1.80 bits per heavy atom. The number of nitrogens with one attached hydrogen (secondary N) is 2. The van der Waals surface area contributed by atoms with E-state index in [-0.39, 0.29) is 11.8 Å². The highest BCUT2D eigenvalue weighted by Crippen LogP contribution is 2.30. The summed E-state index contributed by atoms with van der Waals surface area (Å²) in [4.78, 5) is 12.3. The van der Waals surface area contributed by atoms with Crippen molar-refractivity contribution in [3.63, 3.8) is 0 Å². The Labute approximate surface area is 162 Å². The van der Waals surface area contributed by atoms with Crippen molar-refractivity contribution in [1.82, 2.24) is 10.0 Å². The van der Waals surface area contributed by atoms with E-state index in [0.29, 0.717) is 22.7 Å². The fourth-order valence-corrected chi connectivity index (χ4v) is 6.93. The van der Waals surface area contributed by atoms with Crippen LogP contribution in [0.5, 0.6) is 0 Å². The molecule has 0 bridgehead atoms. The number of hydrogen-bond donors (Lipinski definition) is 2. The molecule has 2 fully saturated rings. The van der Waals surface area contributed by atoms with Gasteiger partial charge in [0, 0.05) is 18.5 Å². The molecule has 2 aliphatic carbocycles. The predicted octanol–water partition coefficient (Wildman–Crippen LogP) is 3.65. The minimum absolute atomic E-state index is 0.0988. The summed E-state index contributed by atoms with van der Waals surface area (Å²) in [5, 5.41) is 3.19. The highest BCUT2D eigenvalue weighted by atomic mass is 79.9. The van der Waals surface area contributed by atoms with Crippen LogP contribution in [0.3, 0.4) is 0 Å². The van der Waals surface area contributed by atoms with Crippen molar-refractivity contribution in [3.8, 4) is 0 Å². The summed E-state index contributed by atoms with van der Waals surface area (Å²) in [5.41, 5.74) is 0. The topological polar surface area (TPSA) is 75.3 Å². The van der Waals surface area contributed by atoms with Crippen LogP contribution in [0.15, 0.2) is 20.1 Å². The maximum absolute atomic E-state index is 12.3. The van der Waals surface area contributed by atoms with Gasteiger partial charge in [-0.15, -0.1) is 11.3 Å². The predicted molar refractivity (Wildman–Crippen MR) is 103 cm³/mol. The molecule has 140 valence electrons. The Bertz CT molecular complexity index is 691. The Kier molecular flexibility index (Phi) is 6.57. The van der Waals surface area contributed by atoms with Crippen molar-refractivity contribution >= 4 is 43.2 Å². The lowest BCUT2D eigenvalue weighted by Crippen LogP contribution is -2.39. The molecule has 3 rings (SSSR count). The van der Waals surface area contributed by atoms with Gasteiger partial charge in [-0.25, -0.2) is 13.1 Å². The molecular weight excluding hydrogens is 424 g/mol. The van der Waals surface area contributed by atoms with Gasteiger partial charge in [-0.2, -0.15) is 0 Å². The third kappa shape index (κ3) is 5.28. The van der Waals surface area contributed by atoms with Crippen LogP contribution in [-0.2, 0) is 14.8 Å². The maximum Gasteiger partial charge on any atom is 0.250 e. The summed E-state index contributed by atoms with van der Waals surface area (Å²) in [7, 11) is -3.43. The van der Waals surface area contributed by atoms with Crippen LogP contribution in [0, 0.1) is 11.8 Å². The maximum atomic E-state index is 12.3. The zero-order valence-electron chi connectivity index (χ0n) is 14.2. The van der Waals surface area contributed by atoms with Gasteiger partial charge >= 0.3 is 0 Å². The first-order valence-electron chi connectivity index (χ1n) is 8.99. The number of amides is 1. The van der Waals surface area contributed by atoms with Crippen LogP contribution in [0.1, 0.15) is 51.4 Å². The monoisotopic (exact) mass is 448 g/mol. The van der Waals surface area contributed by atoms with Crippen LogP contribution in [0.4, 0.5) is 0 Å². The molecule has 2 N–H and O–H groups in total. The van der Waals surface area contributed by atoms with Gasteiger partial charge in [0.2, 0.25) is 15.9 Å². The fourth-order valence-electron chi connectivity index (χ4n) is 3.76. The number of thiophene rings is 1. The molecule has 2 saturated carbocycles. The van der Waals surface area contributed by atoms with Crippen LogP contribution >= 0.6 is 27.3 Å². The van der Waals surface area contributed by atoms with Crippen molar-refractivity contribution in [2.45, 2.75) is 61.6 Å². The second-order valence-electron chi connectivity index (χ2n) is 7.12. The summed E-state index contributed by atoms with van der Waals surface area (Å²) in [6.07, 6.45) is 8.19. The molecule has 0 radical (unpaired) electrons. The Morgan fingerprint density at radius 1 is 1.12 bits per heavy atom. The Hall–Kier alpha value is -0.440. The van der Waals surface area contributed by atoms with E-state index in [1.807, 2.05) is 0 Å². The Balaban J connectivity index is 1.42. The van der Waals surface area contributed by atoms with Gasteiger partial charge in [0.15, 0.2) is 0 Å². The van der Waals surface area contributed by atoms with Gasteiger partial charge in [0.05, 0.1) is 3.79 Å². The summed E-state index contributed by atoms with van der Waals surface area (Å²) in [6.45, 7) is 0.453. The van der Waals surface area contributed by atoms with E-state index >= 15 is 0 Å². The van der Waals surface area contributed by atoms with Gasteiger partial charge in [-0.3, -0.25) is 4.79 Å². The van der Waals surface area contributed by atoms with E-state index < -0.39 is 10.0 Å². The van der Waals surface area contributed by atoms with Crippen LogP contribution in [0.25, 0.3) is 0 Å². The smallest absolute Gasteiger partial charge is 0.250 e. The van der Waals surface area contributed by atoms with Crippen molar-refractivity contribution in [1.29, 1.82) is 0 Å². The summed E-state index contributed by atoms with van der Waals surface area (Å²) < 4.78 is 28.4. The quantitative estimate of drug-likeness (QED) is 0.696. The molecule has 2 aliphatic rings. The van der Waals surface area contributed by atoms with E-state index in [9.17, 15) is 13.2 Å². The lowest BCUT2D eigenvalue weighted by atomic mass is 9.81. The molecule has 0 spiro atoms. The third-order valence-electron chi connectivity index (χ3n) is 5.29. The minimum Gasteiger partial charge on any atom is -0.353 e. The SMILES string of the molecule is O=C(NC1CCCC1)C1CCC(CNS(=O)(=O)c2ccc(Br)s2)CC1. The zero-order valence-corrected chi connectivity index (χ0v) is 17.4. The minimum atomic E-state index is -3.43. The summed E-state index contributed by atoms with van der Waals surface area (Å²) in [6, 6.07) is 3.73. The van der Waals surface area contributed by atoms with Crippen LogP contribution in [0.2, 0.25) is 0 Å². The average Bonchev–Trinajstić information content (AvgIpc) is 3.25. The molecule has 1 aromatic heterocycles. The van der Waals surface area contributed by atoms with E-state index in [0.717, 1.165) is 42.3 Å². The number of carbonyl (C=O) groups excluding carboxylic acids is 1. The van der Waals surface area contributed by atoms with Crippen LogP contribution in [-0.4, -0.2) is 26.9 Å². The average molecular weight is 449 g/mol. The van der Waals surface area contributed by atoms with Gasteiger partial charge in [-0.1, -0.05) is 12.8 Å². The molecule has 1 amide bonds. The van der Waals surface area contributed by atoms with Crippen LogP contribution < -0.4 is 10.0 Å². The van der Waals surface area contributed by atoms with Gasteiger partial charge < -0.3 is 5.32 Å². The first kappa shape index (κ1) is 19.3. The molecule has 0 saturated heterocycles. The molecular formula is C17H25BrN2O3S2. The molecule has 25 heavy (non-hydrogen) atoms. The molecule has 0 aromatic carbocycles. The first-order valence-corrected chi connectivity index (χ1v) is 12.1. The van der Waals surface area contributed by atoms with E-state index in [2.05, 4.69) is 26.0 Å². The number of rotatable bonds is 6. The second kappa shape index (κ2) is 8.50. The van der Waals surface area contributed by atoms with E-state index in [1.165, 1.54) is 24.2 Å². The highest BCUT2D eigenvalue weighted by Gasteiger charge is 2.29. The summed E-state index contributed by atoms with van der Waals surface area (Å²) >= 11 is 4.51. The largest absolute Gasteiger partial charge is 0.353 e. The third-order valence-corrected chi connectivity index (χ3v) is 8.83. The first-order chi connectivity index (χ1) is 11.9. The van der Waals surface area contributed by atoms with Crippen molar-refractivity contribution in [3.05, 3.63) is 15.9 Å². The molecule has 8 heteroatoms. The summed E-state index contributed by atoms with van der Waals surface area (Å²) in [5.74, 6) is 0.616. The number of hydrogen-bond acceptors (Lipinski definition) is 4. The standard InChI is InChI=1S/C17H25BrN2O3S2/c18-15-9-10-16(24-15)25(22,23)19-11-12-5-7-13(8-6-12)17(21)20-14-3-1-2-4-14/h9-10,12-14,19H,1-8,11H2,(H,20,21). The Morgan fingerprint density at radius 3 is 2.40 bits per heavy atom. The second-order valence-corrected chi connectivity index (χ2v) is 11.6. The highest BCUT2D eigenvalue weighted by molar-refractivity contribution is 9.11. The van der Waals surface area contributed by atoms with Gasteiger partial charge in [0.25, 0.3) is 0 Å². The normalized spacial score (nSPS) is 25.2. The van der Waals surface area contributed by atoms with Crippen molar-refractivity contribution in [2.24, 2.45) is 11.8 Å². The number of sulfonamides is 1. The van der Waals surface area contributed by atoms with E-state index in [1.54, 1.807) is 12.1 Å². The van der Waals surface area contributed by atoms with Crippen molar-refractivity contribution in [2.75, 3.05) is 6.54 Å². The molecule has 0 aliphatic heterocycles. The molecule has 0 atom stereocenters. The molecule has 5 nitrogen and oxygen atoms in total. The van der Waals surface area contributed by atoms with Gasteiger partial charge in [-0.05, 0) is 72.5 Å².